The number of aryl methyl sites for hydroxylation is 2. The van der Waals surface area contributed by atoms with Crippen molar-refractivity contribution in [2.45, 2.75) is 126 Å². The SMILES string of the molecule is Cc1ccnc(NC(=O)N2c3nc(C(=O)NC4CC4)ccc3N3CC[C@H]2C3)c1.Cn1cccc(NC(=O)N2c3nc(C(=O)NCC(F)(F)F)ccc3N3CC[C@H]2C3)c1=O.O=C(NC1CC1)c1ccc2c(n1)C(C(=O)Nc1cc(OC[C@H](O)CO)ccn1)[C@H]1CCN2C1.O=C(NC1CC1)c1ccc2c(n1)N(C(=O)Nc1ccc(F)cn1)[C@H]1CCN2C1. The predicted molar refractivity (Wildman–Crippen MR) is 433 cm³/mol. The summed E-state index contributed by atoms with van der Waals surface area (Å²) >= 11 is 0. The summed E-state index contributed by atoms with van der Waals surface area (Å²) in [5.41, 5.74) is 5.29. The lowest BCUT2D eigenvalue weighted by Gasteiger charge is -2.35. The van der Waals surface area contributed by atoms with Crippen LogP contribution >= 0.6 is 0 Å². The summed E-state index contributed by atoms with van der Waals surface area (Å²) in [5, 5.41) is 40.1. The van der Waals surface area contributed by atoms with Gasteiger partial charge < -0.3 is 71.0 Å². The first kappa shape index (κ1) is 80.6. The number of ether oxygens (including phenoxy) is 1. The number of anilines is 11. The topological polar surface area (TPSA) is 417 Å². The van der Waals surface area contributed by atoms with Gasteiger partial charge in [0.25, 0.3) is 29.2 Å². The molecule has 39 heteroatoms. The van der Waals surface area contributed by atoms with Crippen molar-refractivity contribution in [3.63, 3.8) is 0 Å². The largest absolute Gasteiger partial charge is 0.491 e. The van der Waals surface area contributed by atoms with Crippen LogP contribution in [-0.4, -0.2) is 218 Å². The van der Waals surface area contributed by atoms with Gasteiger partial charge in [-0.3, -0.25) is 54.1 Å². The van der Waals surface area contributed by atoms with E-state index in [0.717, 1.165) is 119 Å². The number of nitrogens with zero attached hydrogens (tertiary/aromatic N) is 15. The number of alkyl halides is 3. The Kier molecular flexibility index (Phi) is 22.8. The van der Waals surface area contributed by atoms with E-state index in [0.29, 0.717) is 83.5 Å². The molecule has 6 atom stereocenters. The summed E-state index contributed by atoms with van der Waals surface area (Å²) in [5.74, 6) is -0.00574. The number of amides is 11. The third-order valence-corrected chi connectivity index (χ3v) is 22.3. The van der Waals surface area contributed by atoms with Crippen molar-refractivity contribution < 1.29 is 70.9 Å². The second-order valence-electron chi connectivity index (χ2n) is 31.2. The number of urea groups is 3. The molecule has 4 saturated heterocycles. The van der Waals surface area contributed by atoms with E-state index in [1.807, 2.05) is 42.2 Å². The lowest BCUT2D eigenvalue weighted by atomic mass is 9.85. The zero-order valence-corrected chi connectivity index (χ0v) is 65.3. The van der Waals surface area contributed by atoms with E-state index in [1.165, 1.54) is 39.9 Å². The minimum absolute atomic E-state index is 0.0338. The first-order valence-corrected chi connectivity index (χ1v) is 39.8. The Morgan fingerprint density at radius 1 is 0.533 bits per heavy atom. The Hall–Kier alpha value is -13.2. The Balaban J connectivity index is 0.000000119. The van der Waals surface area contributed by atoms with E-state index >= 15 is 0 Å². The van der Waals surface area contributed by atoms with Crippen LogP contribution in [0.5, 0.6) is 5.75 Å². The zero-order valence-electron chi connectivity index (χ0n) is 65.3. The molecule has 7 fully saturated rings. The van der Waals surface area contributed by atoms with E-state index in [4.69, 9.17) is 9.84 Å². The molecule has 120 heavy (non-hydrogen) atoms. The van der Waals surface area contributed by atoms with Crippen molar-refractivity contribution in [1.29, 1.82) is 0 Å². The first-order chi connectivity index (χ1) is 57.8. The number of rotatable bonds is 17. The van der Waals surface area contributed by atoms with Crippen LogP contribution in [0.4, 0.5) is 95.3 Å². The van der Waals surface area contributed by atoms with Crippen molar-refractivity contribution in [3.8, 4) is 5.75 Å². The fraction of sp³-hybridized carbons (Fsp3) is 0.407. The molecule has 11 aliphatic rings. The molecule has 0 aromatic carbocycles. The highest BCUT2D eigenvalue weighted by molar-refractivity contribution is 6.08. The van der Waals surface area contributed by atoms with E-state index in [2.05, 4.69) is 86.8 Å². The van der Waals surface area contributed by atoms with E-state index in [9.17, 15) is 65.8 Å². The van der Waals surface area contributed by atoms with Crippen molar-refractivity contribution in [1.82, 2.24) is 60.7 Å². The summed E-state index contributed by atoms with van der Waals surface area (Å²) in [6, 6.07) is 25.5. The molecule has 3 aliphatic carbocycles. The maximum Gasteiger partial charge on any atom is 0.405 e. The van der Waals surface area contributed by atoms with Crippen molar-refractivity contribution >= 4 is 111 Å². The fourth-order valence-electron chi connectivity index (χ4n) is 15.7. The quantitative estimate of drug-likeness (QED) is 0.0418. The second kappa shape index (κ2) is 34.0. The number of hydrogen-bond donors (Lipinski definition) is 10. The van der Waals surface area contributed by atoms with Crippen LogP contribution in [0.15, 0.2) is 127 Å². The Morgan fingerprint density at radius 3 is 1.51 bits per heavy atom. The number of nitrogens with one attached hydrogen (secondary N) is 8. The summed E-state index contributed by atoms with van der Waals surface area (Å²) < 4.78 is 57.1. The summed E-state index contributed by atoms with van der Waals surface area (Å²) in [7, 11) is 1.55. The molecule has 35 nitrogen and oxygen atoms in total. The van der Waals surface area contributed by atoms with Crippen LogP contribution in [0.1, 0.15) is 123 Å². The maximum atomic E-state index is 13.4. The lowest BCUT2D eigenvalue weighted by Crippen LogP contribution is -2.49. The van der Waals surface area contributed by atoms with Crippen LogP contribution in [0, 0.1) is 18.7 Å². The highest BCUT2D eigenvalue weighted by Gasteiger charge is 2.47. The van der Waals surface area contributed by atoms with Gasteiger partial charge >= 0.3 is 24.3 Å². The smallest absolute Gasteiger partial charge is 0.405 e. The minimum Gasteiger partial charge on any atom is -0.491 e. The number of carbonyl (C=O) groups is 8. The van der Waals surface area contributed by atoms with Gasteiger partial charge in [0.15, 0.2) is 17.5 Å². The van der Waals surface area contributed by atoms with Gasteiger partial charge in [0.05, 0.1) is 65.3 Å². The van der Waals surface area contributed by atoms with Gasteiger partial charge in [-0.05, 0) is 174 Å². The van der Waals surface area contributed by atoms with Crippen molar-refractivity contribution in [3.05, 3.63) is 172 Å². The minimum atomic E-state index is -4.55. The fourth-order valence-corrected chi connectivity index (χ4v) is 15.7. The van der Waals surface area contributed by atoms with E-state index < -0.39 is 54.7 Å². The zero-order chi connectivity index (χ0) is 83.8. The van der Waals surface area contributed by atoms with Crippen LogP contribution in [0.2, 0.25) is 0 Å². The van der Waals surface area contributed by atoms with Gasteiger partial charge in [-0.15, -0.1) is 0 Å². The molecular formula is C81H87F4N23O12. The van der Waals surface area contributed by atoms with E-state index in [1.54, 1.807) is 77.0 Å². The van der Waals surface area contributed by atoms with Crippen LogP contribution in [0.3, 0.4) is 0 Å². The normalized spacial score (nSPS) is 19.8. The lowest BCUT2D eigenvalue weighted by molar-refractivity contribution is -0.123. The molecule has 0 spiro atoms. The van der Waals surface area contributed by atoms with Gasteiger partial charge in [-0.2, -0.15) is 13.2 Å². The molecule has 1 unspecified atom stereocenters. The summed E-state index contributed by atoms with van der Waals surface area (Å²) in [6.07, 6.45) is 9.43. The Bertz CT molecular complexity index is 5370. The number of carbonyl (C=O) groups excluding carboxylic acids is 8. The molecule has 626 valence electrons. The number of halogens is 4. The number of aromatic nitrogens is 8. The standard InChI is InChI=1S/C23H27N5O5.C20H22N6O2.C19H19F3N6O3.C19H19FN6O2/c29-11-15(30)12-33-16-5-7-24-19(9-16)27-23(32)20-13-6-8-28(10-13)18-4-3-17(26-21(18)20)22(31)25-14-1-2-14;1-12-6-8-21-17(10-12)24-20(28)26-14-7-9-25(11-14)16-5-4-15(23-18(16)26)19(27)22-13-2-3-13;1-26-7-2-3-13(17(26)30)25-18(31)28-11-6-8-27(9-11)14-5-4-12(24-15(14)28)16(29)23-10-19(20,21)22;20-11-1-6-16(21-9-11)24-19(28)26-13-7-8-25(10-13)15-5-4-14(23-17(15)26)18(27)22-12-2-3-12/h3-5,7,9,13-15,20,29-30H,1-2,6,8,10-12H2,(H,25,31)(H,24,27,32);4-6,8,10,13-14H,2-3,7,9,11H2,1H3,(H,22,27)(H,21,24,28);2-5,7,11H,6,8-10H2,1H3,(H,23,29)(H,25,31);1,4-6,9,12-13H,2-3,7-8,10H2,(H,22,27)(H,21,24,28)/t13-,15+,20?;14-;11-;13-/m0000/s1. The van der Waals surface area contributed by atoms with Crippen molar-refractivity contribution in [2.75, 3.05) is 128 Å². The number of aliphatic hydroxyl groups excluding tert-OH is 2. The van der Waals surface area contributed by atoms with E-state index in [-0.39, 0.29) is 107 Å². The van der Waals surface area contributed by atoms with Gasteiger partial charge in [-0.25, -0.2) is 53.7 Å². The summed E-state index contributed by atoms with van der Waals surface area (Å²) in [6.45, 7) is 6.02. The number of pyridine rings is 8. The molecule has 11 amide bonds. The van der Waals surface area contributed by atoms with Crippen LogP contribution in [-0.2, 0) is 11.8 Å². The third-order valence-electron chi connectivity index (χ3n) is 22.3. The number of aliphatic hydroxyl groups is 2. The molecule has 16 heterocycles. The highest BCUT2D eigenvalue weighted by Crippen LogP contribution is 2.46. The van der Waals surface area contributed by atoms with Gasteiger partial charge in [0, 0.05) is 102 Å². The molecule has 8 aromatic rings. The molecular weight excluding hydrogens is 1560 g/mol. The maximum absolute atomic E-state index is 13.4. The van der Waals surface area contributed by atoms with Crippen LogP contribution in [0.25, 0.3) is 0 Å². The highest BCUT2D eigenvalue weighted by atomic mass is 19.4. The second-order valence-corrected chi connectivity index (χ2v) is 31.2. The average molecular weight is 1650 g/mol. The molecule has 3 saturated carbocycles. The molecule has 8 bridgehead atoms. The molecule has 0 radical (unpaired) electrons. The summed E-state index contributed by atoms with van der Waals surface area (Å²) in [4.78, 5) is 158. The van der Waals surface area contributed by atoms with Gasteiger partial charge in [0.1, 0.15) is 76.7 Å². The van der Waals surface area contributed by atoms with Gasteiger partial charge in [-0.1, -0.05) is 0 Å². The number of hydrogen-bond acceptors (Lipinski definition) is 23. The molecule has 8 aliphatic heterocycles. The number of fused-ring (bicyclic) bond motifs is 16. The van der Waals surface area contributed by atoms with Gasteiger partial charge in [0.2, 0.25) is 5.91 Å². The monoisotopic (exact) mass is 1650 g/mol. The molecule has 10 N–H and O–H groups in total. The molecule has 8 aromatic heterocycles. The average Bonchev–Trinajstić information content (AvgIpc) is 1.29. The Morgan fingerprint density at radius 2 is 1.01 bits per heavy atom. The molecule has 19 rings (SSSR count). The first-order valence-electron chi connectivity index (χ1n) is 39.8. The van der Waals surface area contributed by atoms with Crippen LogP contribution < -0.4 is 87.1 Å². The predicted octanol–water partition coefficient (Wildman–Crippen LogP) is 6.81. The third kappa shape index (κ3) is 18.2. The Labute approximate surface area is 683 Å². The van der Waals surface area contributed by atoms with Crippen molar-refractivity contribution in [2.24, 2.45) is 13.0 Å².